The van der Waals surface area contributed by atoms with Crippen molar-refractivity contribution in [2.45, 2.75) is 59.0 Å². The number of carbonyl (C=O) groups is 2. The minimum Gasteiger partial charge on any atom is -0.479 e. The van der Waals surface area contributed by atoms with Crippen molar-refractivity contribution in [1.82, 2.24) is 9.88 Å². The molecule has 0 spiro atoms. The molecule has 1 atom stereocenters. The lowest BCUT2D eigenvalue weighted by molar-refractivity contribution is -0.160. The summed E-state index contributed by atoms with van der Waals surface area (Å²) in [7, 11) is 0. The van der Waals surface area contributed by atoms with Gasteiger partial charge in [-0.15, -0.1) is 0 Å². The number of halogens is 1. The number of aromatic nitrogens is 1. The van der Waals surface area contributed by atoms with Gasteiger partial charge >= 0.3 is 12.1 Å². The van der Waals surface area contributed by atoms with Crippen LogP contribution in [0.25, 0.3) is 11.1 Å². The number of amides is 1. The number of ether oxygens (including phenoxy) is 2. The van der Waals surface area contributed by atoms with E-state index < -0.39 is 23.8 Å². The molecule has 37 heavy (non-hydrogen) atoms. The summed E-state index contributed by atoms with van der Waals surface area (Å²) in [5.41, 5.74) is 4.35. The fourth-order valence-electron chi connectivity index (χ4n) is 4.53. The number of pyridine rings is 1. The Morgan fingerprint density at radius 3 is 2.41 bits per heavy atom. The summed E-state index contributed by atoms with van der Waals surface area (Å²) < 4.78 is 11.6. The van der Waals surface area contributed by atoms with Gasteiger partial charge in [0.05, 0.1) is 12.1 Å². The molecule has 0 radical (unpaired) electrons. The summed E-state index contributed by atoms with van der Waals surface area (Å²) in [4.78, 5) is 31.9. The number of carboxylic acids is 1. The van der Waals surface area contributed by atoms with E-state index in [-0.39, 0.29) is 13.2 Å². The second-order valence-corrected chi connectivity index (χ2v) is 10.5. The second-order valence-electron chi connectivity index (χ2n) is 10.1. The number of benzene rings is 2. The van der Waals surface area contributed by atoms with Crippen LogP contribution in [0.4, 0.5) is 4.79 Å². The first-order valence-electron chi connectivity index (χ1n) is 12.2. The number of carboxylic acid groups (broad SMARTS) is 1. The van der Waals surface area contributed by atoms with Crippen molar-refractivity contribution in [2.75, 3.05) is 6.54 Å². The highest BCUT2D eigenvalue weighted by Crippen LogP contribution is 2.40. The maximum absolute atomic E-state index is 13.0. The van der Waals surface area contributed by atoms with E-state index in [1.165, 1.54) is 0 Å². The molecule has 0 saturated heterocycles. The molecule has 0 bridgehead atoms. The number of nitrogens with zero attached hydrogens (tertiary/aromatic N) is 2. The summed E-state index contributed by atoms with van der Waals surface area (Å²) >= 11 is 6.16. The lowest BCUT2D eigenvalue weighted by Gasteiger charge is -2.33. The van der Waals surface area contributed by atoms with Crippen LogP contribution in [0.15, 0.2) is 54.6 Å². The molecule has 7 nitrogen and oxygen atoms in total. The van der Waals surface area contributed by atoms with Crippen LogP contribution in [0.5, 0.6) is 0 Å². The summed E-state index contributed by atoms with van der Waals surface area (Å²) in [6, 6.07) is 16.7. The second kappa shape index (κ2) is 10.9. The predicted molar refractivity (Wildman–Crippen MR) is 141 cm³/mol. The van der Waals surface area contributed by atoms with Gasteiger partial charge in [0.25, 0.3) is 0 Å². The monoisotopic (exact) mass is 522 g/mol. The van der Waals surface area contributed by atoms with Crippen LogP contribution in [0.3, 0.4) is 0 Å². The number of aryl methyl sites for hydroxylation is 1. The van der Waals surface area contributed by atoms with Crippen LogP contribution >= 0.6 is 11.6 Å². The van der Waals surface area contributed by atoms with Gasteiger partial charge in [0.15, 0.2) is 6.10 Å². The maximum Gasteiger partial charge on any atom is 0.410 e. The molecular weight excluding hydrogens is 492 g/mol. The summed E-state index contributed by atoms with van der Waals surface area (Å²) in [5, 5.41) is 10.8. The van der Waals surface area contributed by atoms with Crippen molar-refractivity contribution in [2.24, 2.45) is 0 Å². The van der Waals surface area contributed by atoms with Crippen LogP contribution < -0.4 is 0 Å². The molecule has 2 heterocycles. The molecule has 1 N–H and O–H groups in total. The standard InChI is InChI=1S/C29H31ClN2O5/c1-18-24(26(27(33)34)37-29(2,3)4)25(20-10-12-21(30)13-11-20)22-16-32(15-14-23(22)31-18)28(35)36-17-19-8-6-5-7-9-19/h5-13,26H,14-17H2,1-4H3,(H,33,34)/t26-/m0/s1. The largest absolute Gasteiger partial charge is 0.479 e. The lowest BCUT2D eigenvalue weighted by Crippen LogP contribution is -2.37. The Balaban J connectivity index is 1.76. The zero-order chi connectivity index (χ0) is 26.7. The van der Waals surface area contributed by atoms with E-state index in [0.29, 0.717) is 34.8 Å². The fraction of sp³-hybridized carbons (Fsp3) is 0.345. The molecule has 0 unspecified atom stereocenters. The SMILES string of the molecule is Cc1nc2c(c(-c3ccc(Cl)cc3)c1[C@H](OC(C)(C)C)C(=O)O)CN(C(=O)OCc1ccccc1)CC2. The maximum atomic E-state index is 13.0. The topological polar surface area (TPSA) is 89.0 Å². The zero-order valence-corrected chi connectivity index (χ0v) is 22.2. The third-order valence-electron chi connectivity index (χ3n) is 6.13. The zero-order valence-electron chi connectivity index (χ0n) is 21.5. The van der Waals surface area contributed by atoms with Crippen LogP contribution in [0.1, 0.15) is 55.0 Å². The van der Waals surface area contributed by atoms with Crippen molar-refractivity contribution in [1.29, 1.82) is 0 Å². The molecule has 0 aliphatic carbocycles. The Labute approximate surface area is 222 Å². The van der Waals surface area contributed by atoms with Crippen LogP contribution in [-0.2, 0) is 33.8 Å². The molecule has 2 aromatic carbocycles. The molecule has 0 fully saturated rings. The van der Waals surface area contributed by atoms with Gasteiger partial charge in [-0.3, -0.25) is 4.98 Å². The number of rotatable bonds is 6. The molecule has 1 aromatic heterocycles. The summed E-state index contributed by atoms with van der Waals surface area (Å²) in [6.45, 7) is 8.11. The van der Waals surface area contributed by atoms with Crippen LogP contribution in [0, 0.1) is 6.92 Å². The van der Waals surface area contributed by atoms with Crippen LogP contribution in [0.2, 0.25) is 5.02 Å². The predicted octanol–water partition coefficient (Wildman–Crippen LogP) is 6.35. The smallest absolute Gasteiger partial charge is 0.410 e. The van der Waals surface area contributed by atoms with Crippen molar-refractivity contribution in [3.63, 3.8) is 0 Å². The van der Waals surface area contributed by atoms with E-state index in [0.717, 1.165) is 22.4 Å². The lowest BCUT2D eigenvalue weighted by atomic mass is 9.87. The Morgan fingerprint density at radius 1 is 1.11 bits per heavy atom. The first kappa shape index (κ1) is 26.6. The Hall–Kier alpha value is -3.42. The third kappa shape index (κ3) is 6.29. The molecule has 4 rings (SSSR count). The Kier molecular flexibility index (Phi) is 7.85. The highest BCUT2D eigenvalue weighted by Gasteiger charge is 2.35. The quantitative estimate of drug-likeness (QED) is 0.406. The van der Waals surface area contributed by atoms with Gasteiger partial charge in [0, 0.05) is 40.5 Å². The molecule has 1 aliphatic rings. The van der Waals surface area contributed by atoms with Gasteiger partial charge in [-0.1, -0.05) is 54.1 Å². The Bertz CT molecular complexity index is 1290. The minimum absolute atomic E-state index is 0.172. The fourth-order valence-corrected chi connectivity index (χ4v) is 4.65. The molecule has 3 aromatic rings. The van der Waals surface area contributed by atoms with Crippen molar-refractivity contribution in [3.8, 4) is 11.1 Å². The van der Waals surface area contributed by atoms with E-state index in [4.69, 9.17) is 26.1 Å². The normalized spacial score (nSPS) is 14.1. The van der Waals surface area contributed by atoms with Crippen LogP contribution in [-0.4, -0.2) is 39.2 Å². The van der Waals surface area contributed by atoms with Gasteiger partial charge in [-0.05, 0) is 56.5 Å². The molecule has 8 heteroatoms. The van der Waals surface area contributed by atoms with Gasteiger partial charge in [-0.25, -0.2) is 9.59 Å². The summed E-state index contributed by atoms with van der Waals surface area (Å²) in [5.74, 6) is -1.11. The summed E-state index contributed by atoms with van der Waals surface area (Å²) in [6.07, 6.45) is -1.15. The molecular formula is C29H31ClN2O5. The molecule has 1 amide bonds. The molecule has 0 saturated carbocycles. The van der Waals surface area contributed by atoms with Gasteiger partial charge in [0.1, 0.15) is 6.61 Å². The number of hydrogen-bond donors (Lipinski definition) is 1. The first-order chi connectivity index (χ1) is 17.5. The minimum atomic E-state index is -1.25. The molecule has 194 valence electrons. The number of carbonyl (C=O) groups excluding carboxylic acids is 1. The highest BCUT2D eigenvalue weighted by atomic mass is 35.5. The highest BCUT2D eigenvalue weighted by molar-refractivity contribution is 6.30. The number of hydrogen-bond acceptors (Lipinski definition) is 5. The van der Waals surface area contributed by atoms with Crippen molar-refractivity contribution in [3.05, 3.63) is 87.7 Å². The van der Waals surface area contributed by atoms with E-state index in [1.54, 1.807) is 24.0 Å². The van der Waals surface area contributed by atoms with E-state index in [1.807, 2.05) is 63.2 Å². The van der Waals surface area contributed by atoms with Crippen molar-refractivity contribution >= 4 is 23.7 Å². The number of fused-ring (bicyclic) bond motifs is 1. The van der Waals surface area contributed by atoms with E-state index >= 15 is 0 Å². The first-order valence-corrected chi connectivity index (χ1v) is 12.6. The average Bonchev–Trinajstić information content (AvgIpc) is 2.85. The average molecular weight is 523 g/mol. The van der Waals surface area contributed by atoms with Gasteiger partial charge < -0.3 is 19.5 Å². The van der Waals surface area contributed by atoms with Gasteiger partial charge in [0.2, 0.25) is 0 Å². The van der Waals surface area contributed by atoms with E-state index in [9.17, 15) is 14.7 Å². The molecule has 1 aliphatic heterocycles. The van der Waals surface area contributed by atoms with Gasteiger partial charge in [-0.2, -0.15) is 0 Å². The Morgan fingerprint density at radius 2 is 1.78 bits per heavy atom. The number of aliphatic carboxylic acids is 1. The van der Waals surface area contributed by atoms with Crippen molar-refractivity contribution < 1.29 is 24.2 Å². The third-order valence-corrected chi connectivity index (χ3v) is 6.39. The van der Waals surface area contributed by atoms with E-state index in [2.05, 4.69) is 0 Å².